The highest BCUT2D eigenvalue weighted by atomic mass is 35.5. The van der Waals surface area contributed by atoms with E-state index in [1.807, 2.05) is 60.7 Å². The Morgan fingerprint density at radius 3 is 2.52 bits per heavy atom. The third-order valence-corrected chi connectivity index (χ3v) is 6.77. The molecule has 5 nitrogen and oxygen atoms in total. The third-order valence-electron chi connectivity index (χ3n) is 5.01. The highest BCUT2D eigenvalue weighted by Crippen LogP contribution is 2.29. The van der Waals surface area contributed by atoms with Crippen molar-refractivity contribution in [2.75, 3.05) is 13.1 Å². The van der Waals surface area contributed by atoms with Gasteiger partial charge in [-0.2, -0.15) is 4.31 Å². The van der Waals surface area contributed by atoms with Gasteiger partial charge in [-0.25, -0.2) is 8.42 Å². The monoisotopic (exact) mass is 403 g/mol. The van der Waals surface area contributed by atoms with Crippen molar-refractivity contribution in [1.29, 1.82) is 0 Å². The molecule has 1 aromatic heterocycles. The predicted molar refractivity (Wildman–Crippen MR) is 110 cm³/mol. The molecule has 7 heteroatoms. The molecule has 1 fully saturated rings. The molecule has 27 heavy (non-hydrogen) atoms. The van der Waals surface area contributed by atoms with Gasteiger partial charge in [0, 0.05) is 36.6 Å². The summed E-state index contributed by atoms with van der Waals surface area (Å²) in [5.41, 5.74) is 8.81. The van der Waals surface area contributed by atoms with Crippen molar-refractivity contribution in [1.82, 2.24) is 9.29 Å². The summed E-state index contributed by atoms with van der Waals surface area (Å²) in [7, 11) is -3.47. The van der Waals surface area contributed by atoms with E-state index in [0.717, 1.165) is 22.0 Å². The lowest BCUT2D eigenvalue weighted by Crippen LogP contribution is -2.33. The second-order valence-corrected chi connectivity index (χ2v) is 8.72. The number of aromatic nitrogens is 1. The number of para-hydroxylation sites is 1. The topological polar surface area (TPSA) is 76.3 Å². The van der Waals surface area contributed by atoms with Gasteiger partial charge >= 0.3 is 0 Å². The molecule has 2 atom stereocenters. The number of benzene rings is 2. The van der Waals surface area contributed by atoms with Gasteiger partial charge in [0.1, 0.15) is 0 Å². The van der Waals surface area contributed by atoms with Crippen molar-refractivity contribution in [2.45, 2.75) is 17.7 Å². The van der Waals surface area contributed by atoms with Crippen molar-refractivity contribution in [3.63, 3.8) is 0 Å². The fraction of sp³-hybridized carbons (Fsp3) is 0.250. The molecule has 2 N–H and O–H groups in total. The third kappa shape index (κ3) is 3.99. The quantitative estimate of drug-likeness (QED) is 0.726. The maximum Gasteiger partial charge on any atom is 0.218 e. The van der Waals surface area contributed by atoms with Crippen molar-refractivity contribution in [3.8, 4) is 0 Å². The van der Waals surface area contributed by atoms with E-state index < -0.39 is 10.0 Å². The minimum Gasteiger partial charge on any atom is -0.326 e. The summed E-state index contributed by atoms with van der Waals surface area (Å²) in [5, 5.41) is 0.945. The standard InChI is InChI=1S/C20H21N3O2S.ClH/c21-19-13-23(12-18(19)15-6-2-1-3-7-15)26(24,25)14-17-9-4-8-16-10-5-11-22-20(16)17;/h1-11,18-19H,12-14,21H2;1H/t18-,19+;/m0./s1. The summed E-state index contributed by atoms with van der Waals surface area (Å²) in [5.74, 6) is -0.0353. The van der Waals surface area contributed by atoms with Crippen LogP contribution in [0.25, 0.3) is 10.9 Å². The van der Waals surface area contributed by atoms with Crippen LogP contribution in [-0.4, -0.2) is 36.8 Å². The number of nitrogens with zero attached hydrogens (tertiary/aromatic N) is 2. The van der Waals surface area contributed by atoms with Gasteiger partial charge < -0.3 is 5.73 Å². The van der Waals surface area contributed by atoms with Crippen LogP contribution in [0.5, 0.6) is 0 Å². The second kappa shape index (κ2) is 7.94. The number of hydrogen-bond donors (Lipinski definition) is 1. The molecule has 0 saturated carbocycles. The number of nitrogens with two attached hydrogens (primary N) is 1. The summed E-state index contributed by atoms with van der Waals surface area (Å²) in [4.78, 5) is 4.36. The van der Waals surface area contributed by atoms with Crippen molar-refractivity contribution in [3.05, 3.63) is 78.0 Å². The molecule has 1 saturated heterocycles. The van der Waals surface area contributed by atoms with Gasteiger partial charge in [0.05, 0.1) is 11.3 Å². The van der Waals surface area contributed by atoms with Crippen LogP contribution in [0.15, 0.2) is 66.9 Å². The fourth-order valence-corrected chi connectivity index (χ4v) is 5.24. The van der Waals surface area contributed by atoms with E-state index in [1.165, 1.54) is 4.31 Å². The van der Waals surface area contributed by atoms with Gasteiger partial charge in [0.25, 0.3) is 0 Å². The van der Waals surface area contributed by atoms with Crippen LogP contribution >= 0.6 is 12.4 Å². The largest absolute Gasteiger partial charge is 0.326 e. The Morgan fingerprint density at radius 1 is 1.00 bits per heavy atom. The minimum absolute atomic E-state index is 0. The zero-order chi connectivity index (χ0) is 18.1. The first-order valence-corrected chi connectivity index (χ1v) is 10.3. The molecule has 142 valence electrons. The average molecular weight is 404 g/mol. The zero-order valence-corrected chi connectivity index (χ0v) is 16.4. The Morgan fingerprint density at radius 2 is 1.74 bits per heavy atom. The zero-order valence-electron chi connectivity index (χ0n) is 14.7. The Labute approximate surface area is 165 Å². The average Bonchev–Trinajstić information content (AvgIpc) is 3.05. The van der Waals surface area contributed by atoms with Crippen LogP contribution < -0.4 is 5.73 Å². The molecule has 0 unspecified atom stereocenters. The summed E-state index contributed by atoms with van der Waals surface area (Å²) < 4.78 is 27.5. The highest BCUT2D eigenvalue weighted by molar-refractivity contribution is 7.88. The molecular formula is C20H22ClN3O2S. The fourth-order valence-electron chi connectivity index (χ4n) is 3.64. The first-order valence-electron chi connectivity index (χ1n) is 8.65. The van der Waals surface area contributed by atoms with E-state index >= 15 is 0 Å². The molecule has 2 aromatic carbocycles. The van der Waals surface area contributed by atoms with Crippen LogP contribution in [0, 0.1) is 0 Å². The van der Waals surface area contributed by atoms with Gasteiger partial charge in [0.2, 0.25) is 10.0 Å². The predicted octanol–water partition coefficient (Wildman–Crippen LogP) is 2.91. The molecule has 0 spiro atoms. The normalized spacial score (nSPS) is 20.5. The van der Waals surface area contributed by atoms with Gasteiger partial charge in [-0.3, -0.25) is 4.98 Å². The Bertz CT molecular complexity index is 1020. The first-order chi connectivity index (χ1) is 12.5. The molecule has 0 bridgehead atoms. The lowest BCUT2D eigenvalue weighted by Gasteiger charge is -2.17. The van der Waals surface area contributed by atoms with E-state index in [1.54, 1.807) is 6.20 Å². The molecule has 0 radical (unpaired) electrons. The van der Waals surface area contributed by atoms with Crippen molar-refractivity contribution in [2.24, 2.45) is 5.73 Å². The van der Waals surface area contributed by atoms with Gasteiger partial charge in [0.15, 0.2) is 0 Å². The second-order valence-electron chi connectivity index (χ2n) is 6.75. The Balaban J connectivity index is 0.00000210. The summed E-state index contributed by atoms with van der Waals surface area (Å²) in [6.07, 6.45) is 1.69. The Kier molecular flexibility index (Phi) is 5.81. The number of rotatable bonds is 4. The van der Waals surface area contributed by atoms with Gasteiger partial charge in [-0.1, -0.05) is 54.6 Å². The van der Waals surface area contributed by atoms with E-state index in [4.69, 9.17) is 5.73 Å². The molecule has 4 rings (SSSR count). The number of pyridine rings is 1. The van der Waals surface area contributed by atoms with E-state index in [9.17, 15) is 8.42 Å². The number of hydrogen-bond acceptors (Lipinski definition) is 4. The van der Waals surface area contributed by atoms with E-state index in [2.05, 4.69) is 4.98 Å². The number of halogens is 1. The van der Waals surface area contributed by atoms with Crippen LogP contribution in [0.4, 0.5) is 0 Å². The SMILES string of the molecule is Cl.N[C@@H]1CN(S(=O)(=O)Cc2cccc3cccnc23)C[C@H]1c1ccccc1. The number of fused-ring (bicyclic) bond motifs is 1. The molecule has 2 heterocycles. The smallest absolute Gasteiger partial charge is 0.218 e. The maximum absolute atomic E-state index is 13.0. The molecule has 1 aliphatic heterocycles. The van der Waals surface area contributed by atoms with E-state index in [-0.39, 0.29) is 30.1 Å². The Hall–Kier alpha value is -1.99. The molecular weight excluding hydrogens is 382 g/mol. The van der Waals surface area contributed by atoms with Crippen LogP contribution in [0.2, 0.25) is 0 Å². The van der Waals surface area contributed by atoms with Gasteiger partial charge in [-0.05, 0) is 17.2 Å². The lowest BCUT2D eigenvalue weighted by molar-refractivity contribution is 0.469. The summed E-state index contributed by atoms with van der Waals surface area (Å²) in [6.45, 7) is 0.770. The molecule has 3 aromatic rings. The number of sulfonamides is 1. The first kappa shape index (κ1) is 19.8. The summed E-state index contributed by atoms with van der Waals surface area (Å²) in [6, 6.07) is 19.1. The van der Waals surface area contributed by atoms with Crippen LogP contribution in [-0.2, 0) is 15.8 Å². The van der Waals surface area contributed by atoms with Gasteiger partial charge in [-0.15, -0.1) is 12.4 Å². The minimum atomic E-state index is -3.47. The highest BCUT2D eigenvalue weighted by Gasteiger charge is 2.37. The molecule has 1 aliphatic rings. The van der Waals surface area contributed by atoms with Crippen molar-refractivity contribution < 1.29 is 8.42 Å². The summed E-state index contributed by atoms with van der Waals surface area (Å²) >= 11 is 0. The van der Waals surface area contributed by atoms with Crippen molar-refractivity contribution >= 4 is 33.3 Å². The van der Waals surface area contributed by atoms with Crippen LogP contribution in [0.1, 0.15) is 17.0 Å². The lowest BCUT2D eigenvalue weighted by atomic mass is 9.95. The molecule has 0 amide bonds. The molecule has 0 aliphatic carbocycles. The maximum atomic E-state index is 13.0. The van der Waals surface area contributed by atoms with Crippen LogP contribution in [0.3, 0.4) is 0 Å². The van der Waals surface area contributed by atoms with E-state index in [0.29, 0.717) is 13.1 Å².